The topological polar surface area (TPSA) is 55.8 Å². The van der Waals surface area contributed by atoms with E-state index < -0.39 is 6.10 Å². The van der Waals surface area contributed by atoms with Gasteiger partial charge in [-0.05, 0) is 51.0 Å². The lowest BCUT2D eigenvalue weighted by Crippen LogP contribution is -2.45. The van der Waals surface area contributed by atoms with Crippen LogP contribution in [-0.2, 0) is 14.3 Å². The number of likely N-dealkylation sites (tertiary alicyclic amines) is 1. The van der Waals surface area contributed by atoms with E-state index in [0.29, 0.717) is 43.3 Å². The third-order valence-corrected chi connectivity index (χ3v) is 4.15. The summed E-state index contributed by atoms with van der Waals surface area (Å²) in [5.74, 6) is 0.274. The molecule has 6 heteroatoms. The van der Waals surface area contributed by atoms with Gasteiger partial charge in [-0.1, -0.05) is 11.6 Å². The summed E-state index contributed by atoms with van der Waals surface area (Å²) in [6, 6.07) is 6.91. The van der Waals surface area contributed by atoms with Crippen molar-refractivity contribution >= 4 is 23.5 Å². The van der Waals surface area contributed by atoms with E-state index in [0.717, 1.165) is 0 Å². The Hall–Kier alpha value is -1.75. The largest absolute Gasteiger partial charge is 0.481 e. The normalized spacial score (nSPS) is 16.7. The molecule has 1 fully saturated rings. The molecule has 1 saturated heterocycles. The molecule has 1 aromatic carbocycles. The van der Waals surface area contributed by atoms with Crippen molar-refractivity contribution in [3.63, 3.8) is 0 Å². The van der Waals surface area contributed by atoms with Gasteiger partial charge in [-0.25, -0.2) is 0 Å². The van der Waals surface area contributed by atoms with Gasteiger partial charge in [-0.2, -0.15) is 0 Å². The number of carbonyl (C=O) groups is 2. The van der Waals surface area contributed by atoms with E-state index in [2.05, 4.69) is 0 Å². The van der Waals surface area contributed by atoms with Crippen LogP contribution in [-0.4, -0.2) is 42.6 Å². The molecule has 1 aliphatic heterocycles. The average Bonchev–Trinajstić information content (AvgIpc) is 2.56. The predicted octanol–water partition coefficient (Wildman–Crippen LogP) is 2.91. The van der Waals surface area contributed by atoms with Crippen molar-refractivity contribution in [2.45, 2.75) is 32.8 Å². The fourth-order valence-electron chi connectivity index (χ4n) is 2.62. The number of benzene rings is 1. The van der Waals surface area contributed by atoms with Crippen molar-refractivity contribution in [1.29, 1.82) is 0 Å². The predicted molar refractivity (Wildman–Crippen MR) is 87.5 cm³/mol. The van der Waals surface area contributed by atoms with Gasteiger partial charge in [-0.3, -0.25) is 9.59 Å². The van der Waals surface area contributed by atoms with E-state index in [-0.39, 0.29) is 17.8 Å². The van der Waals surface area contributed by atoms with Gasteiger partial charge in [0.2, 0.25) is 0 Å². The van der Waals surface area contributed by atoms with E-state index in [1.165, 1.54) is 0 Å². The summed E-state index contributed by atoms with van der Waals surface area (Å²) >= 11 is 5.83. The highest BCUT2D eigenvalue weighted by Crippen LogP contribution is 2.21. The first-order valence-electron chi connectivity index (χ1n) is 7.89. The van der Waals surface area contributed by atoms with Crippen LogP contribution in [0.4, 0.5) is 0 Å². The third kappa shape index (κ3) is 4.86. The summed E-state index contributed by atoms with van der Waals surface area (Å²) < 4.78 is 10.7. The zero-order chi connectivity index (χ0) is 16.8. The van der Waals surface area contributed by atoms with Gasteiger partial charge in [0.1, 0.15) is 5.75 Å². The Morgan fingerprint density at radius 3 is 2.43 bits per heavy atom. The van der Waals surface area contributed by atoms with Gasteiger partial charge < -0.3 is 14.4 Å². The molecule has 0 spiro atoms. The zero-order valence-electron chi connectivity index (χ0n) is 13.5. The van der Waals surface area contributed by atoms with Gasteiger partial charge in [0.25, 0.3) is 5.91 Å². The Morgan fingerprint density at radius 1 is 1.26 bits per heavy atom. The van der Waals surface area contributed by atoms with Crippen LogP contribution in [0.25, 0.3) is 0 Å². The average molecular weight is 340 g/mol. The minimum absolute atomic E-state index is 0.0674. The van der Waals surface area contributed by atoms with Crippen LogP contribution in [0.3, 0.4) is 0 Å². The summed E-state index contributed by atoms with van der Waals surface area (Å²) in [6.07, 6.45) is 0.701. The lowest BCUT2D eigenvalue weighted by molar-refractivity contribution is -0.152. The fourth-order valence-corrected chi connectivity index (χ4v) is 2.75. The Bertz CT molecular complexity index is 538. The molecule has 0 radical (unpaired) electrons. The van der Waals surface area contributed by atoms with E-state index in [1.54, 1.807) is 43.0 Å². The number of carbonyl (C=O) groups excluding carboxylic acids is 2. The minimum Gasteiger partial charge on any atom is -0.481 e. The fraction of sp³-hybridized carbons (Fsp3) is 0.529. The van der Waals surface area contributed by atoms with Gasteiger partial charge in [0.05, 0.1) is 12.5 Å². The number of esters is 1. The highest BCUT2D eigenvalue weighted by molar-refractivity contribution is 6.30. The summed E-state index contributed by atoms with van der Waals surface area (Å²) in [6.45, 7) is 5.03. The summed E-state index contributed by atoms with van der Waals surface area (Å²) in [5.41, 5.74) is 0. The Balaban J connectivity index is 1.84. The number of nitrogens with zero attached hydrogens (tertiary/aromatic N) is 1. The van der Waals surface area contributed by atoms with Crippen LogP contribution in [0.5, 0.6) is 5.75 Å². The molecule has 0 N–H and O–H groups in total. The van der Waals surface area contributed by atoms with Crippen molar-refractivity contribution < 1.29 is 19.1 Å². The maximum Gasteiger partial charge on any atom is 0.309 e. The molecule has 1 aromatic rings. The minimum atomic E-state index is -0.574. The molecular formula is C17H22ClNO4. The standard InChI is InChI=1S/C17H22ClNO4/c1-3-22-17(21)13-8-10-19(11-9-13)16(20)12(2)23-15-6-4-14(18)5-7-15/h4-7,12-13H,3,8-11H2,1-2H3. The van der Waals surface area contributed by atoms with Crippen LogP contribution < -0.4 is 4.74 Å². The molecule has 0 aliphatic carbocycles. The molecule has 0 bridgehead atoms. The van der Waals surface area contributed by atoms with Gasteiger partial charge >= 0.3 is 5.97 Å². The first-order chi connectivity index (χ1) is 11.0. The molecule has 1 aliphatic rings. The molecule has 5 nitrogen and oxygen atoms in total. The SMILES string of the molecule is CCOC(=O)C1CCN(C(=O)C(C)Oc2ccc(Cl)cc2)CC1. The van der Waals surface area contributed by atoms with Crippen LogP contribution in [0.15, 0.2) is 24.3 Å². The molecule has 1 heterocycles. The van der Waals surface area contributed by atoms with Crippen LogP contribution in [0.1, 0.15) is 26.7 Å². The summed E-state index contributed by atoms with van der Waals surface area (Å²) in [4.78, 5) is 25.9. The maximum atomic E-state index is 12.4. The zero-order valence-corrected chi connectivity index (χ0v) is 14.2. The number of hydrogen-bond donors (Lipinski definition) is 0. The van der Waals surface area contributed by atoms with Crippen molar-refractivity contribution in [3.05, 3.63) is 29.3 Å². The quantitative estimate of drug-likeness (QED) is 0.774. The smallest absolute Gasteiger partial charge is 0.309 e. The molecule has 126 valence electrons. The maximum absolute atomic E-state index is 12.4. The molecule has 1 amide bonds. The summed E-state index contributed by atoms with van der Waals surface area (Å²) in [7, 11) is 0. The van der Waals surface area contributed by atoms with Crippen LogP contribution in [0, 0.1) is 5.92 Å². The number of piperidine rings is 1. The molecule has 0 saturated carbocycles. The van der Waals surface area contributed by atoms with Crippen molar-refractivity contribution in [2.24, 2.45) is 5.92 Å². The molecule has 23 heavy (non-hydrogen) atoms. The third-order valence-electron chi connectivity index (χ3n) is 3.90. The summed E-state index contributed by atoms with van der Waals surface area (Å²) in [5, 5.41) is 0.623. The number of amides is 1. The van der Waals surface area contributed by atoms with Crippen molar-refractivity contribution in [1.82, 2.24) is 4.90 Å². The van der Waals surface area contributed by atoms with Gasteiger partial charge in [0.15, 0.2) is 6.10 Å². The Kier molecular flexibility index (Phi) is 6.28. The lowest BCUT2D eigenvalue weighted by Gasteiger charge is -2.32. The van der Waals surface area contributed by atoms with Crippen molar-refractivity contribution in [2.75, 3.05) is 19.7 Å². The number of halogens is 1. The van der Waals surface area contributed by atoms with Crippen LogP contribution in [0.2, 0.25) is 5.02 Å². The molecule has 2 rings (SSSR count). The van der Waals surface area contributed by atoms with E-state index in [9.17, 15) is 9.59 Å². The lowest BCUT2D eigenvalue weighted by atomic mass is 9.97. The molecular weight excluding hydrogens is 318 g/mol. The Morgan fingerprint density at radius 2 is 1.87 bits per heavy atom. The second-order valence-corrected chi connectivity index (χ2v) is 6.00. The van der Waals surface area contributed by atoms with Gasteiger partial charge in [-0.15, -0.1) is 0 Å². The first-order valence-corrected chi connectivity index (χ1v) is 8.26. The Labute approximate surface area is 141 Å². The first kappa shape index (κ1) is 17.6. The van der Waals surface area contributed by atoms with E-state index in [4.69, 9.17) is 21.1 Å². The van der Waals surface area contributed by atoms with Crippen LogP contribution >= 0.6 is 11.6 Å². The van der Waals surface area contributed by atoms with Gasteiger partial charge in [0, 0.05) is 18.1 Å². The second-order valence-electron chi connectivity index (χ2n) is 5.57. The molecule has 1 unspecified atom stereocenters. The number of hydrogen-bond acceptors (Lipinski definition) is 4. The van der Waals surface area contributed by atoms with E-state index in [1.807, 2.05) is 0 Å². The molecule has 0 aromatic heterocycles. The second kappa shape index (κ2) is 8.20. The highest BCUT2D eigenvalue weighted by atomic mass is 35.5. The number of rotatable bonds is 5. The monoisotopic (exact) mass is 339 g/mol. The highest BCUT2D eigenvalue weighted by Gasteiger charge is 2.30. The van der Waals surface area contributed by atoms with E-state index >= 15 is 0 Å². The van der Waals surface area contributed by atoms with Crippen molar-refractivity contribution in [3.8, 4) is 5.75 Å². The molecule has 1 atom stereocenters. The number of ether oxygens (including phenoxy) is 2.